The predicted molar refractivity (Wildman–Crippen MR) is 81.3 cm³/mol. The van der Waals surface area contributed by atoms with Crippen LogP contribution in [-0.4, -0.2) is 23.8 Å². The lowest BCUT2D eigenvalue weighted by Gasteiger charge is -2.33. The Morgan fingerprint density at radius 3 is 2.42 bits per heavy atom. The van der Waals surface area contributed by atoms with Crippen molar-refractivity contribution in [3.05, 3.63) is 21.9 Å². The van der Waals surface area contributed by atoms with Crippen molar-refractivity contribution < 1.29 is 9.59 Å². The summed E-state index contributed by atoms with van der Waals surface area (Å²) in [5, 5.41) is 4.65. The van der Waals surface area contributed by atoms with Gasteiger partial charge in [-0.3, -0.25) is 9.59 Å². The summed E-state index contributed by atoms with van der Waals surface area (Å²) in [6.45, 7) is 7.82. The third-order valence-electron chi connectivity index (χ3n) is 3.33. The standard InChI is InChI=1S/C13H20N2O2S.ClH/c1-8(2)13(4,7-14)15-12(17)11-5-10(6-18-11)9(3)16;/h5-6,8H,7,14H2,1-4H3,(H,15,17);1H. The summed E-state index contributed by atoms with van der Waals surface area (Å²) in [5.74, 6) is 0.0311. The van der Waals surface area contributed by atoms with E-state index in [1.54, 1.807) is 11.4 Å². The van der Waals surface area contributed by atoms with Gasteiger partial charge in [0, 0.05) is 17.5 Å². The quantitative estimate of drug-likeness (QED) is 0.821. The van der Waals surface area contributed by atoms with Crippen molar-refractivity contribution >= 4 is 35.4 Å². The molecule has 1 heterocycles. The first kappa shape index (κ1) is 18.1. The highest BCUT2D eigenvalue weighted by molar-refractivity contribution is 7.12. The molecule has 108 valence electrons. The molecule has 0 spiro atoms. The molecule has 0 bridgehead atoms. The first-order valence-corrected chi connectivity index (χ1v) is 6.80. The van der Waals surface area contributed by atoms with Crippen molar-refractivity contribution in [2.24, 2.45) is 11.7 Å². The molecule has 19 heavy (non-hydrogen) atoms. The normalized spacial score (nSPS) is 13.6. The fourth-order valence-electron chi connectivity index (χ4n) is 1.39. The van der Waals surface area contributed by atoms with E-state index in [4.69, 9.17) is 5.73 Å². The van der Waals surface area contributed by atoms with Gasteiger partial charge in [-0.1, -0.05) is 13.8 Å². The Morgan fingerprint density at radius 1 is 1.47 bits per heavy atom. The lowest BCUT2D eigenvalue weighted by Crippen LogP contribution is -2.54. The highest BCUT2D eigenvalue weighted by Crippen LogP contribution is 2.19. The number of amides is 1. The minimum Gasteiger partial charge on any atom is -0.345 e. The predicted octanol–water partition coefficient (Wildman–Crippen LogP) is 2.48. The molecule has 1 unspecified atom stereocenters. The number of ketones is 1. The van der Waals surface area contributed by atoms with Crippen LogP contribution in [0.3, 0.4) is 0 Å². The highest BCUT2D eigenvalue weighted by Gasteiger charge is 2.29. The molecular formula is C13H21ClN2O2S. The number of nitrogens with one attached hydrogen (secondary N) is 1. The van der Waals surface area contributed by atoms with Crippen LogP contribution in [-0.2, 0) is 0 Å². The van der Waals surface area contributed by atoms with E-state index in [-0.39, 0.29) is 30.0 Å². The van der Waals surface area contributed by atoms with E-state index in [9.17, 15) is 9.59 Å². The molecule has 0 aliphatic heterocycles. The SMILES string of the molecule is CC(=O)c1csc(C(=O)NC(C)(CN)C(C)C)c1.Cl. The van der Waals surface area contributed by atoms with Crippen LogP contribution in [0.1, 0.15) is 47.7 Å². The third-order valence-corrected chi connectivity index (χ3v) is 4.26. The van der Waals surface area contributed by atoms with Gasteiger partial charge in [0.15, 0.2) is 5.78 Å². The van der Waals surface area contributed by atoms with E-state index < -0.39 is 5.54 Å². The molecule has 1 aromatic heterocycles. The largest absolute Gasteiger partial charge is 0.345 e. The van der Waals surface area contributed by atoms with Crippen LogP contribution in [0.15, 0.2) is 11.4 Å². The molecule has 4 nitrogen and oxygen atoms in total. The number of hydrogen-bond donors (Lipinski definition) is 2. The zero-order valence-electron chi connectivity index (χ0n) is 11.6. The van der Waals surface area contributed by atoms with E-state index in [0.717, 1.165) is 0 Å². The molecule has 0 saturated carbocycles. The number of rotatable bonds is 5. The van der Waals surface area contributed by atoms with Gasteiger partial charge in [-0.2, -0.15) is 0 Å². The molecule has 0 radical (unpaired) electrons. The average Bonchev–Trinajstić information content (AvgIpc) is 2.77. The van der Waals surface area contributed by atoms with Crippen molar-refractivity contribution in [1.82, 2.24) is 5.32 Å². The van der Waals surface area contributed by atoms with Crippen LogP contribution in [0.5, 0.6) is 0 Å². The third kappa shape index (κ3) is 4.30. The van der Waals surface area contributed by atoms with Crippen molar-refractivity contribution in [2.45, 2.75) is 33.2 Å². The molecule has 0 saturated heterocycles. The second kappa shape index (κ2) is 7.03. The van der Waals surface area contributed by atoms with Crippen LogP contribution in [0.2, 0.25) is 0 Å². The Labute approximate surface area is 124 Å². The van der Waals surface area contributed by atoms with Crippen molar-refractivity contribution in [1.29, 1.82) is 0 Å². The van der Waals surface area contributed by atoms with Gasteiger partial charge in [-0.25, -0.2) is 0 Å². The van der Waals surface area contributed by atoms with E-state index in [1.807, 2.05) is 20.8 Å². The van der Waals surface area contributed by atoms with Gasteiger partial charge in [0.2, 0.25) is 0 Å². The number of carbonyl (C=O) groups excluding carboxylic acids is 2. The number of thiophene rings is 1. The maximum absolute atomic E-state index is 12.1. The fraction of sp³-hybridized carbons (Fsp3) is 0.538. The first-order valence-electron chi connectivity index (χ1n) is 5.92. The molecule has 1 rings (SSSR count). The minimum atomic E-state index is -0.433. The fourth-order valence-corrected chi connectivity index (χ4v) is 2.23. The van der Waals surface area contributed by atoms with Crippen LogP contribution in [0.25, 0.3) is 0 Å². The van der Waals surface area contributed by atoms with Crippen LogP contribution >= 0.6 is 23.7 Å². The number of Topliss-reactive ketones (excluding diaryl/α,β-unsaturated/α-hetero) is 1. The van der Waals surface area contributed by atoms with Crippen LogP contribution < -0.4 is 11.1 Å². The van der Waals surface area contributed by atoms with Crippen molar-refractivity contribution in [3.8, 4) is 0 Å². The molecule has 3 N–H and O–H groups in total. The number of halogens is 1. The topological polar surface area (TPSA) is 72.2 Å². The second-order valence-electron chi connectivity index (χ2n) is 4.99. The Morgan fingerprint density at radius 2 is 2.05 bits per heavy atom. The molecule has 1 aromatic rings. The smallest absolute Gasteiger partial charge is 0.261 e. The summed E-state index contributed by atoms with van der Waals surface area (Å²) in [6.07, 6.45) is 0. The number of carbonyl (C=O) groups is 2. The molecule has 0 aliphatic rings. The Balaban J connectivity index is 0.00000324. The van der Waals surface area contributed by atoms with Crippen molar-refractivity contribution in [2.75, 3.05) is 6.54 Å². The molecule has 0 aliphatic carbocycles. The summed E-state index contributed by atoms with van der Waals surface area (Å²) in [4.78, 5) is 23.8. The Bertz CT molecular complexity index is 459. The zero-order chi connectivity index (χ0) is 13.9. The summed E-state index contributed by atoms with van der Waals surface area (Å²) < 4.78 is 0. The van der Waals surface area contributed by atoms with Crippen LogP contribution in [0.4, 0.5) is 0 Å². The second-order valence-corrected chi connectivity index (χ2v) is 5.90. The molecule has 0 fully saturated rings. The summed E-state index contributed by atoms with van der Waals surface area (Å²) in [7, 11) is 0. The monoisotopic (exact) mass is 304 g/mol. The van der Waals surface area contributed by atoms with Gasteiger partial charge < -0.3 is 11.1 Å². The van der Waals surface area contributed by atoms with E-state index in [1.165, 1.54) is 18.3 Å². The van der Waals surface area contributed by atoms with Gasteiger partial charge in [-0.05, 0) is 25.8 Å². The molecule has 1 atom stereocenters. The summed E-state index contributed by atoms with van der Waals surface area (Å²) >= 11 is 1.28. The highest BCUT2D eigenvalue weighted by atomic mass is 35.5. The Kier molecular flexibility index (Phi) is 6.69. The number of nitrogens with two attached hydrogens (primary N) is 1. The van der Waals surface area contributed by atoms with Gasteiger partial charge in [0.1, 0.15) is 0 Å². The van der Waals surface area contributed by atoms with Gasteiger partial charge in [0.25, 0.3) is 5.91 Å². The summed E-state index contributed by atoms with van der Waals surface area (Å²) in [6, 6.07) is 1.62. The van der Waals surface area contributed by atoms with Gasteiger partial charge >= 0.3 is 0 Å². The maximum Gasteiger partial charge on any atom is 0.261 e. The lowest BCUT2D eigenvalue weighted by atomic mass is 9.88. The molecule has 0 aromatic carbocycles. The first-order chi connectivity index (χ1) is 8.30. The molecular weight excluding hydrogens is 284 g/mol. The lowest BCUT2D eigenvalue weighted by molar-refractivity contribution is 0.0887. The van der Waals surface area contributed by atoms with E-state index in [0.29, 0.717) is 17.0 Å². The van der Waals surface area contributed by atoms with Crippen molar-refractivity contribution in [3.63, 3.8) is 0 Å². The van der Waals surface area contributed by atoms with E-state index >= 15 is 0 Å². The van der Waals surface area contributed by atoms with Crippen LogP contribution in [0, 0.1) is 5.92 Å². The Hall–Kier alpha value is -0.910. The number of hydrogen-bond acceptors (Lipinski definition) is 4. The summed E-state index contributed by atoms with van der Waals surface area (Å²) in [5.41, 5.74) is 5.86. The van der Waals surface area contributed by atoms with E-state index in [2.05, 4.69) is 5.32 Å². The molecule has 1 amide bonds. The van der Waals surface area contributed by atoms with Gasteiger partial charge in [0.05, 0.1) is 10.4 Å². The minimum absolute atomic E-state index is 0. The zero-order valence-corrected chi connectivity index (χ0v) is 13.3. The average molecular weight is 305 g/mol. The maximum atomic E-state index is 12.1. The van der Waals surface area contributed by atoms with Gasteiger partial charge in [-0.15, -0.1) is 23.7 Å². The molecule has 6 heteroatoms.